The molecule has 4 N–H and O–H groups in total. The third kappa shape index (κ3) is 6.81. The number of aryl methyl sites for hydroxylation is 2. The molecule has 0 aliphatic rings. The molecule has 0 saturated heterocycles. The number of unbranched alkanes of at least 4 members (excludes halogenated alkanes) is 1. The number of benzene rings is 3. The molecular formula is C30H34N4O5S. The summed E-state index contributed by atoms with van der Waals surface area (Å²) in [4.78, 5) is 8.62. The number of rotatable bonds is 12. The van der Waals surface area contributed by atoms with Gasteiger partial charge in [0.25, 0.3) is 0 Å². The highest BCUT2D eigenvalue weighted by molar-refractivity contribution is 7.91. The quantitative estimate of drug-likeness (QED) is 0.233. The number of methoxy groups -OCH3 is 2. The first-order valence-corrected chi connectivity index (χ1v) is 14.3. The lowest BCUT2D eigenvalue weighted by atomic mass is 10.1. The van der Waals surface area contributed by atoms with E-state index in [0.29, 0.717) is 41.0 Å². The fourth-order valence-electron chi connectivity index (χ4n) is 4.26. The van der Waals surface area contributed by atoms with Crippen LogP contribution in [0.3, 0.4) is 0 Å². The number of nitrogens with two attached hydrogens (primary N) is 2. The van der Waals surface area contributed by atoms with Gasteiger partial charge in [-0.3, -0.25) is 0 Å². The molecular weight excluding hydrogens is 528 g/mol. The van der Waals surface area contributed by atoms with Crippen molar-refractivity contribution < 1.29 is 22.6 Å². The maximum absolute atomic E-state index is 12.9. The molecule has 0 fully saturated rings. The number of nitrogens with zero attached hydrogens (tertiary/aromatic N) is 2. The number of nitrogen functional groups attached to an aromatic ring is 2. The largest absolute Gasteiger partial charge is 0.493 e. The second-order valence-corrected chi connectivity index (χ2v) is 11.4. The molecule has 9 nitrogen and oxygen atoms in total. The summed E-state index contributed by atoms with van der Waals surface area (Å²) in [6.07, 6.45) is 4.54. The Labute approximate surface area is 235 Å². The summed E-state index contributed by atoms with van der Waals surface area (Å²) in [5.41, 5.74) is 15.3. The number of anilines is 2. The third-order valence-corrected chi connectivity index (χ3v) is 8.29. The fourth-order valence-corrected chi connectivity index (χ4v) is 5.52. The van der Waals surface area contributed by atoms with Crippen molar-refractivity contribution in [2.24, 2.45) is 0 Å². The van der Waals surface area contributed by atoms with Crippen molar-refractivity contribution in [3.8, 4) is 17.2 Å². The van der Waals surface area contributed by atoms with Crippen LogP contribution in [0.2, 0.25) is 0 Å². The van der Waals surface area contributed by atoms with E-state index in [1.54, 1.807) is 56.8 Å². The molecule has 3 aromatic carbocycles. The Morgan fingerprint density at radius 2 is 1.43 bits per heavy atom. The zero-order valence-electron chi connectivity index (χ0n) is 22.9. The molecule has 40 heavy (non-hydrogen) atoms. The molecule has 0 saturated carbocycles. The van der Waals surface area contributed by atoms with E-state index in [1.165, 1.54) is 0 Å². The normalized spacial score (nSPS) is 11.3. The maximum atomic E-state index is 12.9. The van der Waals surface area contributed by atoms with Gasteiger partial charge in [0.1, 0.15) is 5.82 Å². The van der Waals surface area contributed by atoms with Gasteiger partial charge < -0.3 is 25.7 Å². The Balaban J connectivity index is 1.33. The van der Waals surface area contributed by atoms with E-state index in [9.17, 15) is 8.42 Å². The second kappa shape index (κ2) is 12.7. The van der Waals surface area contributed by atoms with E-state index in [1.807, 2.05) is 31.2 Å². The van der Waals surface area contributed by atoms with Gasteiger partial charge >= 0.3 is 0 Å². The van der Waals surface area contributed by atoms with Crippen molar-refractivity contribution in [1.29, 1.82) is 0 Å². The molecule has 1 aromatic heterocycles. The van der Waals surface area contributed by atoms with Gasteiger partial charge in [-0.2, -0.15) is 4.98 Å². The summed E-state index contributed by atoms with van der Waals surface area (Å²) in [5, 5.41) is 0. The summed E-state index contributed by atoms with van der Waals surface area (Å²) in [5.74, 6) is 2.08. The topological polar surface area (TPSA) is 140 Å². The van der Waals surface area contributed by atoms with Crippen molar-refractivity contribution in [2.75, 3.05) is 32.3 Å². The average molecular weight is 563 g/mol. The molecule has 0 aliphatic heterocycles. The van der Waals surface area contributed by atoms with Crippen LogP contribution < -0.4 is 25.7 Å². The maximum Gasteiger partial charge on any atom is 0.221 e. The van der Waals surface area contributed by atoms with Crippen molar-refractivity contribution >= 4 is 21.6 Å². The number of aromatic nitrogens is 2. The molecule has 0 aliphatic carbocycles. The fraction of sp³-hybridized carbons (Fsp3) is 0.267. The lowest BCUT2D eigenvalue weighted by Gasteiger charge is -2.16. The molecule has 0 bridgehead atoms. The van der Waals surface area contributed by atoms with E-state index in [4.69, 9.17) is 25.7 Å². The van der Waals surface area contributed by atoms with E-state index >= 15 is 0 Å². The van der Waals surface area contributed by atoms with Crippen LogP contribution in [-0.2, 0) is 22.7 Å². The number of ether oxygens (including phenoxy) is 3. The average Bonchev–Trinajstić information content (AvgIpc) is 2.95. The number of hydrogen-bond acceptors (Lipinski definition) is 9. The highest BCUT2D eigenvalue weighted by atomic mass is 32.2. The van der Waals surface area contributed by atoms with E-state index < -0.39 is 9.84 Å². The predicted molar refractivity (Wildman–Crippen MR) is 155 cm³/mol. The molecule has 0 spiro atoms. The SMILES string of the molecule is COc1cc(Cc2cnc(N)nc2N)cc(OC)c1OCCCCc1ccc(S(=O)(=O)c2ccc(C)cc2)cc1. The highest BCUT2D eigenvalue weighted by Gasteiger charge is 2.18. The zero-order chi connectivity index (χ0) is 28.7. The predicted octanol–water partition coefficient (Wildman–Crippen LogP) is 4.79. The minimum atomic E-state index is -3.53. The molecule has 0 atom stereocenters. The first-order valence-electron chi connectivity index (χ1n) is 12.9. The Bertz CT molecular complexity index is 1530. The summed E-state index contributed by atoms with van der Waals surface area (Å²) in [7, 11) is -0.375. The van der Waals surface area contributed by atoms with Crippen LogP contribution >= 0.6 is 0 Å². The molecule has 10 heteroatoms. The minimum absolute atomic E-state index is 0.128. The van der Waals surface area contributed by atoms with Crippen LogP contribution in [0.5, 0.6) is 17.2 Å². The van der Waals surface area contributed by atoms with E-state index in [-0.39, 0.29) is 10.8 Å². The van der Waals surface area contributed by atoms with Crippen LogP contribution in [0.4, 0.5) is 11.8 Å². The zero-order valence-corrected chi connectivity index (χ0v) is 23.7. The van der Waals surface area contributed by atoms with Crippen LogP contribution in [0, 0.1) is 6.92 Å². The van der Waals surface area contributed by atoms with Crippen LogP contribution in [0.15, 0.2) is 76.7 Å². The van der Waals surface area contributed by atoms with Crippen molar-refractivity contribution in [3.63, 3.8) is 0 Å². The van der Waals surface area contributed by atoms with E-state index in [2.05, 4.69) is 9.97 Å². The van der Waals surface area contributed by atoms with Gasteiger partial charge in [-0.1, -0.05) is 29.8 Å². The molecule has 0 unspecified atom stereocenters. The second-order valence-electron chi connectivity index (χ2n) is 9.41. The van der Waals surface area contributed by atoms with Gasteiger partial charge in [-0.05, 0) is 73.7 Å². The summed E-state index contributed by atoms with van der Waals surface area (Å²) in [6, 6.07) is 17.7. The van der Waals surface area contributed by atoms with Crippen LogP contribution in [-0.4, -0.2) is 39.2 Å². The van der Waals surface area contributed by atoms with Crippen molar-refractivity contribution in [3.05, 3.63) is 89.1 Å². The Kier molecular flexibility index (Phi) is 9.11. The Morgan fingerprint density at radius 1 is 0.825 bits per heavy atom. The van der Waals surface area contributed by atoms with Gasteiger partial charge in [0.15, 0.2) is 11.5 Å². The lowest BCUT2D eigenvalue weighted by molar-refractivity contribution is 0.268. The minimum Gasteiger partial charge on any atom is -0.493 e. The van der Waals surface area contributed by atoms with Gasteiger partial charge in [-0.25, -0.2) is 13.4 Å². The van der Waals surface area contributed by atoms with Gasteiger partial charge in [0, 0.05) is 18.2 Å². The smallest absolute Gasteiger partial charge is 0.221 e. The van der Waals surface area contributed by atoms with Gasteiger partial charge in [0.05, 0.1) is 30.6 Å². The standard InChI is InChI=1S/C30H34N4O5S/c1-20-7-11-24(12-8-20)40(35,36)25-13-9-21(10-14-25)6-4-5-15-39-28-26(37-2)17-22(18-27(28)38-3)16-23-19-33-30(32)34-29(23)31/h7-14,17-19H,4-6,15-16H2,1-3H3,(H4,31,32,33,34). The summed E-state index contributed by atoms with van der Waals surface area (Å²) < 4.78 is 43.0. The summed E-state index contributed by atoms with van der Waals surface area (Å²) >= 11 is 0. The Morgan fingerprint density at radius 3 is 2.00 bits per heavy atom. The van der Waals surface area contributed by atoms with E-state index in [0.717, 1.165) is 41.5 Å². The number of sulfone groups is 1. The van der Waals surface area contributed by atoms with Crippen molar-refractivity contribution in [1.82, 2.24) is 9.97 Å². The summed E-state index contributed by atoms with van der Waals surface area (Å²) in [6.45, 7) is 2.39. The molecule has 0 amide bonds. The molecule has 1 heterocycles. The van der Waals surface area contributed by atoms with Gasteiger partial charge in [0.2, 0.25) is 21.5 Å². The molecule has 4 aromatic rings. The first-order chi connectivity index (χ1) is 19.2. The third-order valence-electron chi connectivity index (χ3n) is 6.50. The first kappa shape index (κ1) is 28.7. The molecule has 0 radical (unpaired) electrons. The number of hydrogen-bond donors (Lipinski definition) is 2. The van der Waals surface area contributed by atoms with Crippen LogP contribution in [0.25, 0.3) is 0 Å². The van der Waals surface area contributed by atoms with Crippen molar-refractivity contribution in [2.45, 2.75) is 42.4 Å². The highest BCUT2D eigenvalue weighted by Crippen LogP contribution is 2.39. The monoisotopic (exact) mass is 562 g/mol. The molecule has 4 rings (SSSR count). The van der Waals surface area contributed by atoms with Crippen LogP contribution in [0.1, 0.15) is 35.1 Å². The molecule has 210 valence electrons. The van der Waals surface area contributed by atoms with Gasteiger partial charge in [-0.15, -0.1) is 0 Å². The lowest BCUT2D eigenvalue weighted by Crippen LogP contribution is -2.05. The Hall–Kier alpha value is -4.31.